The van der Waals surface area contributed by atoms with Gasteiger partial charge in [0.2, 0.25) is 5.91 Å². The van der Waals surface area contributed by atoms with Crippen LogP contribution in [0, 0.1) is 0 Å². The molecule has 2 aromatic rings. The molecule has 0 aliphatic heterocycles. The molecule has 28 heavy (non-hydrogen) atoms. The number of aliphatic imine (C=N–C) groups is 1. The second kappa shape index (κ2) is 11.5. The normalized spacial score (nSPS) is 10.9. The van der Waals surface area contributed by atoms with E-state index < -0.39 is 0 Å². The Morgan fingerprint density at radius 3 is 2.54 bits per heavy atom. The Morgan fingerprint density at radius 1 is 1.07 bits per heavy atom. The predicted octanol–water partition coefficient (Wildman–Crippen LogP) is 2.79. The van der Waals surface area contributed by atoms with Crippen LogP contribution in [0.5, 0.6) is 11.5 Å². The van der Waals surface area contributed by atoms with Crippen LogP contribution in [0.1, 0.15) is 19.4 Å². The molecule has 1 amide bonds. The average molecular weight is 384 g/mol. The Hall–Kier alpha value is -3.22. The van der Waals surface area contributed by atoms with Crippen molar-refractivity contribution in [1.82, 2.24) is 10.6 Å². The summed E-state index contributed by atoms with van der Waals surface area (Å²) < 4.78 is 10.9. The number of carbonyl (C=O) groups excluding carboxylic acids is 1. The van der Waals surface area contributed by atoms with Gasteiger partial charge in [0.1, 0.15) is 18.1 Å². The van der Waals surface area contributed by atoms with Crippen LogP contribution in [-0.2, 0) is 11.3 Å². The highest BCUT2D eigenvalue weighted by Gasteiger charge is 2.01. The summed E-state index contributed by atoms with van der Waals surface area (Å²) in [7, 11) is 1.65. The van der Waals surface area contributed by atoms with E-state index in [1.54, 1.807) is 13.2 Å². The predicted molar refractivity (Wildman–Crippen MR) is 112 cm³/mol. The Kier molecular flexibility index (Phi) is 8.65. The lowest BCUT2D eigenvalue weighted by molar-refractivity contribution is -0.114. The maximum atomic E-state index is 11.1. The summed E-state index contributed by atoms with van der Waals surface area (Å²) in [4.78, 5) is 15.7. The first kappa shape index (κ1) is 21.1. The first-order valence-corrected chi connectivity index (χ1v) is 9.26. The van der Waals surface area contributed by atoms with Crippen molar-refractivity contribution in [2.24, 2.45) is 4.99 Å². The van der Waals surface area contributed by atoms with Crippen LogP contribution in [0.2, 0.25) is 0 Å². The van der Waals surface area contributed by atoms with Gasteiger partial charge in [-0.25, -0.2) is 4.99 Å². The van der Waals surface area contributed by atoms with Gasteiger partial charge in [-0.3, -0.25) is 4.79 Å². The standard InChI is InChI=1S/C21H28N4O3/c1-4-22-21(24-15-17-8-10-19(27-3)11-9-17)23-12-13-28-20-7-5-6-18(14-20)25-16(2)26/h5-11,14H,4,12-13,15H2,1-3H3,(H,25,26)(H2,22,23,24). The average Bonchev–Trinajstić information content (AvgIpc) is 2.69. The quantitative estimate of drug-likeness (QED) is 0.352. The number of ether oxygens (including phenoxy) is 2. The molecule has 0 saturated carbocycles. The lowest BCUT2D eigenvalue weighted by Gasteiger charge is -2.13. The smallest absolute Gasteiger partial charge is 0.221 e. The fourth-order valence-electron chi connectivity index (χ4n) is 2.45. The van der Waals surface area contributed by atoms with Crippen LogP contribution in [-0.4, -0.2) is 38.7 Å². The fraction of sp³-hybridized carbons (Fsp3) is 0.333. The summed E-state index contributed by atoms with van der Waals surface area (Å²) >= 11 is 0. The molecule has 0 saturated heterocycles. The van der Waals surface area contributed by atoms with E-state index in [1.165, 1.54) is 6.92 Å². The zero-order chi connectivity index (χ0) is 20.2. The number of carbonyl (C=O) groups is 1. The van der Waals surface area contributed by atoms with Crippen LogP contribution in [0.15, 0.2) is 53.5 Å². The van der Waals surface area contributed by atoms with Crippen LogP contribution in [0.3, 0.4) is 0 Å². The summed E-state index contributed by atoms with van der Waals surface area (Å²) in [5.41, 5.74) is 1.82. The first-order valence-electron chi connectivity index (χ1n) is 9.26. The van der Waals surface area contributed by atoms with Crippen molar-refractivity contribution in [3.8, 4) is 11.5 Å². The summed E-state index contributed by atoms with van der Waals surface area (Å²) in [5, 5.41) is 9.20. The minimum absolute atomic E-state index is 0.109. The molecule has 2 aromatic carbocycles. The molecule has 0 radical (unpaired) electrons. The van der Waals surface area contributed by atoms with Gasteiger partial charge in [-0.05, 0) is 36.8 Å². The van der Waals surface area contributed by atoms with Gasteiger partial charge in [-0.2, -0.15) is 0 Å². The monoisotopic (exact) mass is 384 g/mol. The van der Waals surface area contributed by atoms with Crippen LogP contribution in [0.25, 0.3) is 0 Å². The summed E-state index contributed by atoms with van der Waals surface area (Å²) in [6.45, 7) is 5.90. The molecular weight excluding hydrogens is 356 g/mol. The lowest BCUT2D eigenvalue weighted by Crippen LogP contribution is -2.39. The third-order valence-electron chi connectivity index (χ3n) is 3.74. The van der Waals surface area contributed by atoms with E-state index in [4.69, 9.17) is 9.47 Å². The zero-order valence-electron chi connectivity index (χ0n) is 16.6. The molecule has 3 N–H and O–H groups in total. The molecule has 150 valence electrons. The SMILES string of the molecule is CCNC(=NCc1ccc(OC)cc1)NCCOc1cccc(NC(C)=O)c1. The van der Waals surface area contributed by atoms with Crippen molar-refractivity contribution in [3.05, 3.63) is 54.1 Å². The maximum Gasteiger partial charge on any atom is 0.221 e. The highest BCUT2D eigenvalue weighted by molar-refractivity contribution is 5.88. The Labute approximate surface area is 166 Å². The van der Waals surface area contributed by atoms with Crippen LogP contribution >= 0.6 is 0 Å². The number of hydrogen-bond acceptors (Lipinski definition) is 4. The molecule has 0 heterocycles. The maximum absolute atomic E-state index is 11.1. The molecule has 0 aromatic heterocycles. The van der Waals surface area contributed by atoms with Crippen molar-refractivity contribution in [1.29, 1.82) is 0 Å². The van der Waals surface area contributed by atoms with Gasteiger partial charge in [-0.15, -0.1) is 0 Å². The molecule has 7 heteroatoms. The third-order valence-corrected chi connectivity index (χ3v) is 3.74. The van der Waals surface area contributed by atoms with E-state index in [1.807, 2.05) is 49.4 Å². The minimum atomic E-state index is -0.109. The van der Waals surface area contributed by atoms with Gasteiger partial charge in [0.05, 0.1) is 20.2 Å². The Bertz CT molecular complexity index is 775. The second-order valence-electron chi connectivity index (χ2n) is 6.03. The molecule has 0 atom stereocenters. The van der Waals surface area contributed by atoms with Crippen molar-refractivity contribution < 1.29 is 14.3 Å². The van der Waals surface area contributed by atoms with Gasteiger partial charge >= 0.3 is 0 Å². The van der Waals surface area contributed by atoms with Crippen LogP contribution in [0.4, 0.5) is 5.69 Å². The van der Waals surface area contributed by atoms with Gasteiger partial charge < -0.3 is 25.4 Å². The van der Waals surface area contributed by atoms with Gasteiger partial charge in [-0.1, -0.05) is 18.2 Å². The number of anilines is 1. The van der Waals surface area contributed by atoms with E-state index in [0.717, 1.165) is 23.8 Å². The molecule has 0 spiro atoms. The van der Waals surface area contributed by atoms with Gasteiger partial charge in [0.25, 0.3) is 0 Å². The van der Waals surface area contributed by atoms with Gasteiger partial charge in [0, 0.05) is 25.2 Å². The summed E-state index contributed by atoms with van der Waals surface area (Å²) in [5.74, 6) is 2.15. The number of nitrogens with one attached hydrogen (secondary N) is 3. The van der Waals surface area contributed by atoms with Crippen molar-refractivity contribution in [3.63, 3.8) is 0 Å². The molecule has 2 rings (SSSR count). The van der Waals surface area contributed by atoms with Crippen molar-refractivity contribution >= 4 is 17.6 Å². The van der Waals surface area contributed by atoms with Crippen molar-refractivity contribution in [2.45, 2.75) is 20.4 Å². The van der Waals surface area contributed by atoms with Crippen molar-refractivity contribution in [2.75, 3.05) is 32.1 Å². The molecule has 7 nitrogen and oxygen atoms in total. The second-order valence-corrected chi connectivity index (χ2v) is 6.03. The summed E-state index contributed by atoms with van der Waals surface area (Å²) in [6.07, 6.45) is 0. The highest BCUT2D eigenvalue weighted by atomic mass is 16.5. The zero-order valence-corrected chi connectivity index (χ0v) is 16.6. The van der Waals surface area contributed by atoms with E-state index in [-0.39, 0.29) is 5.91 Å². The molecule has 0 fully saturated rings. The molecular formula is C21H28N4O3. The largest absolute Gasteiger partial charge is 0.497 e. The third kappa shape index (κ3) is 7.57. The number of hydrogen-bond donors (Lipinski definition) is 3. The van der Waals surface area contributed by atoms with E-state index in [2.05, 4.69) is 20.9 Å². The summed E-state index contributed by atoms with van der Waals surface area (Å²) in [6, 6.07) is 15.2. The fourth-order valence-corrected chi connectivity index (χ4v) is 2.45. The Balaban J connectivity index is 1.81. The number of benzene rings is 2. The molecule has 0 aliphatic carbocycles. The van der Waals surface area contributed by atoms with Gasteiger partial charge in [0.15, 0.2) is 5.96 Å². The van der Waals surface area contributed by atoms with Crippen LogP contribution < -0.4 is 25.4 Å². The number of guanidine groups is 1. The Morgan fingerprint density at radius 2 is 1.86 bits per heavy atom. The topological polar surface area (TPSA) is 84.0 Å². The first-order chi connectivity index (χ1) is 13.6. The highest BCUT2D eigenvalue weighted by Crippen LogP contribution is 2.17. The van der Waals surface area contributed by atoms with E-state index >= 15 is 0 Å². The number of amides is 1. The van der Waals surface area contributed by atoms with E-state index in [9.17, 15) is 4.79 Å². The minimum Gasteiger partial charge on any atom is -0.497 e. The number of nitrogens with zero attached hydrogens (tertiary/aromatic N) is 1. The molecule has 0 unspecified atom stereocenters. The lowest BCUT2D eigenvalue weighted by atomic mass is 10.2. The molecule has 0 aliphatic rings. The van der Waals surface area contributed by atoms with E-state index in [0.29, 0.717) is 31.1 Å². The number of methoxy groups -OCH3 is 1. The number of rotatable bonds is 9. The molecule has 0 bridgehead atoms.